The van der Waals surface area contributed by atoms with Crippen LogP contribution in [-0.2, 0) is 10.0 Å². The molecule has 0 atom stereocenters. The molecule has 4 aromatic rings. The predicted octanol–water partition coefficient (Wildman–Crippen LogP) is 4.27. The minimum Gasteiger partial charge on any atom is -0.265 e. The summed E-state index contributed by atoms with van der Waals surface area (Å²) in [7, 11) is -3.54. The van der Waals surface area contributed by atoms with Gasteiger partial charge in [0.1, 0.15) is 14.9 Å². The maximum atomic E-state index is 12.7. The number of hydrogen-bond acceptors (Lipinski definition) is 7. The van der Waals surface area contributed by atoms with Gasteiger partial charge in [0, 0.05) is 42.6 Å². The topological polar surface area (TPSA) is 88.9 Å². The fourth-order valence-corrected chi connectivity index (χ4v) is 5.40. The lowest BCUT2D eigenvalue weighted by atomic mass is 10.2. The molecule has 0 aliphatic rings. The average Bonchev–Trinajstić information content (AvgIpc) is 2.80. The zero-order valence-electron chi connectivity index (χ0n) is 17.1. The Morgan fingerprint density at radius 3 is 2.35 bits per heavy atom. The maximum absolute atomic E-state index is 12.7. The van der Waals surface area contributed by atoms with E-state index in [-0.39, 0.29) is 4.90 Å². The molecule has 0 aliphatic carbocycles. The third-order valence-electron chi connectivity index (χ3n) is 4.76. The van der Waals surface area contributed by atoms with E-state index in [9.17, 15) is 8.42 Å². The molecule has 31 heavy (non-hydrogen) atoms. The SMILES string of the molecule is CCN(CC)S(=O)(=O)c1ccc(Sc2nc(-c3ccncc3)nc3ccccc23)nc1. The summed E-state index contributed by atoms with van der Waals surface area (Å²) in [5, 5.41) is 2.32. The Hall–Kier alpha value is -2.88. The molecule has 0 amide bonds. The van der Waals surface area contributed by atoms with Gasteiger partial charge in [-0.3, -0.25) is 4.98 Å². The Labute approximate surface area is 185 Å². The van der Waals surface area contributed by atoms with Crippen molar-refractivity contribution in [1.82, 2.24) is 24.2 Å². The second-order valence-electron chi connectivity index (χ2n) is 6.63. The lowest BCUT2D eigenvalue weighted by Gasteiger charge is -2.18. The molecule has 0 radical (unpaired) electrons. The highest BCUT2D eigenvalue weighted by molar-refractivity contribution is 7.99. The minimum atomic E-state index is -3.54. The average molecular weight is 452 g/mol. The highest BCUT2D eigenvalue weighted by Crippen LogP contribution is 2.32. The van der Waals surface area contributed by atoms with Crippen molar-refractivity contribution in [2.75, 3.05) is 13.1 Å². The molecule has 0 unspecified atom stereocenters. The number of para-hydroxylation sites is 1. The molecule has 0 bridgehead atoms. The van der Waals surface area contributed by atoms with Crippen LogP contribution in [0.3, 0.4) is 0 Å². The van der Waals surface area contributed by atoms with Crippen LogP contribution in [0.15, 0.2) is 82.1 Å². The monoisotopic (exact) mass is 451 g/mol. The van der Waals surface area contributed by atoms with Gasteiger partial charge in [0.15, 0.2) is 5.82 Å². The first-order chi connectivity index (χ1) is 15.0. The van der Waals surface area contributed by atoms with E-state index < -0.39 is 10.0 Å². The van der Waals surface area contributed by atoms with Crippen LogP contribution in [0.1, 0.15) is 13.8 Å². The van der Waals surface area contributed by atoms with Crippen LogP contribution in [0.5, 0.6) is 0 Å². The number of pyridine rings is 2. The molecular weight excluding hydrogens is 430 g/mol. The fourth-order valence-electron chi connectivity index (χ4n) is 3.15. The second-order valence-corrected chi connectivity index (χ2v) is 9.58. The van der Waals surface area contributed by atoms with Gasteiger partial charge in [0.2, 0.25) is 10.0 Å². The van der Waals surface area contributed by atoms with Gasteiger partial charge in [-0.25, -0.2) is 23.4 Å². The summed E-state index contributed by atoms with van der Waals surface area (Å²) in [5.41, 5.74) is 1.70. The van der Waals surface area contributed by atoms with Crippen molar-refractivity contribution in [2.24, 2.45) is 0 Å². The summed E-state index contributed by atoms with van der Waals surface area (Å²) in [5.74, 6) is 0.601. The zero-order valence-corrected chi connectivity index (χ0v) is 18.8. The first kappa shape index (κ1) is 21.4. The molecule has 3 aromatic heterocycles. The molecule has 1 aromatic carbocycles. The van der Waals surface area contributed by atoms with Crippen molar-refractivity contribution in [3.8, 4) is 11.4 Å². The van der Waals surface area contributed by atoms with Crippen LogP contribution in [-0.4, -0.2) is 45.7 Å². The quantitative estimate of drug-likeness (QED) is 0.388. The van der Waals surface area contributed by atoms with E-state index in [0.717, 1.165) is 21.5 Å². The third-order valence-corrected chi connectivity index (χ3v) is 7.75. The van der Waals surface area contributed by atoms with Crippen molar-refractivity contribution in [2.45, 2.75) is 28.8 Å². The van der Waals surface area contributed by atoms with Crippen molar-refractivity contribution in [1.29, 1.82) is 0 Å². The van der Waals surface area contributed by atoms with Gasteiger partial charge in [0.05, 0.1) is 5.52 Å². The van der Waals surface area contributed by atoms with Gasteiger partial charge in [-0.15, -0.1) is 0 Å². The molecule has 4 rings (SSSR count). The van der Waals surface area contributed by atoms with Crippen molar-refractivity contribution >= 4 is 32.7 Å². The zero-order chi connectivity index (χ0) is 21.8. The first-order valence-electron chi connectivity index (χ1n) is 9.84. The number of rotatable bonds is 7. The Bertz CT molecular complexity index is 1290. The lowest BCUT2D eigenvalue weighted by Crippen LogP contribution is -2.30. The number of sulfonamides is 1. The smallest absolute Gasteiger partial charge is 0.244 e. The van der Waals surface area contributed by atoms with Gasteiger partial charge < -0.3 is 0 Å². The van der Waals surface area contributed by atoms with Crippen molar-refractivity contribution < 1.29 is 8.42 Å². The molecule has 0 saturated carbocycles. The van der Waals surface area contributed by atoms with Gasteiger partial charge in [-0.2, -0.15) is 4.31 Å². The molecule has 0 aliphatic heterocycles. The summed E-state index contributed by atoms with van der Waals surface area (Å²) in [6, 6.07) is 14.8. The van der Waals surface area contributed by atoms with Crippen LogP contribution in [0.25, 0.3) is 22.3 Å². The number of nitrogens with zero attached hydrogens (tertiary/aromatic N) is 5. The van der Waals surface area contributed by atoms with E-state index in [0.29, 0.717) is 23.9 Å². The Morgan fingerprint density at radius 2 is 1.68 bits per heavy atom. The van der Waals surface area contributed by atoms with E-state index in [4.69, 9.17) is 4.98 Å². The number of fused-ring (bicyclic) bond motifs is 1. The molecule has 9 heteroatoms. The molecule has 0 N–H and O–H groups in total. The Kier molecular flexibility index (Phi) is 6.26. The van der Waals surface area contributed by atoms with Gasteiger partial charge in [-0.05, 0) is 42.1 Å². The third kappa shape index (κ3) is 4.43. The molecule has 3 heterocycles. The van der Waals surface area contributed by atoms with Crippen molar-refractivity contribution in [3.63, 3.8) is 0 Å². The van der Waals surface area contributed by atoms with E-state index in [2.05, 4.69) is 15.0 Å². The van der Waals surface area contributed by atoms with Gasteiger partial charge in [0.25, 0.3) is 0 Å². The Balaban J connectivity index is 1.70. The van der Waals surface area contributed by atoms with E-state index >= 15 is 0 Å². The first-order valence-corrected chi connectivity index (χ1v) is 12.1. The number of hydrogen-bond donors (Lipinski definition) is 0. The van der Waals surface area contributed by atoms with Crippen LogP contribution in [0, 0.1) is 0 Å². The lowest BCUT2D eigenvalue weighted by molar-refractivity contribution is 0.445. The number of benzene rings is 1. The maximum Gasteiger partial charge on any atom is 0.244 e. The Morgan fingerprint density at radius 1 is 0.935 bits per heavy atom. The van der Waals surface area contributed by atoms with Crippen LogP contribution < -0.4 is 0 Å². The van der Waals surface area contributed by atoms with Gasteiger partial charge in [-0.1, -0.05) is 32.0 Å². The standard InChI is InChI=1S/C22H21N5O2S2/c1-3-27(4-2)31(28,29)17-9-10-20(24-15-17)30-22-18-7-5-6-8-19(18)25-21(26-22)16-11-13-23-14-12-16/h5-15H,3-4H2,1-2H3. The minimum absolute atomic E-state index is 0.186. The van der Waals surface area contributed by atoms with E-state index in [1.807, 2.05) is 50.2 Å². The number of aromatic nitrogens is 4. The molecule has 0 fully saturated rings. The van der Waals surface area contributed by atoms with Gasteiger partial charge >= 0.3 is 0 Å². The summed E-state index contributed by atoms with van der Waals surface area (Å²) in [6.07, 6.45) is 4.82. The largest absolute Gasteiger partial charge is 0.265 e. The summed E-state index contributed by atoms with van der Waals surface area (Å²) < 4.78 is 26.8. The van der Waals surface area contributed by atoms with Crippen molar-refractivity contribution in [3.05, 3.63) is 67.1 Å². The molecule has 158 valence electrons. The van der Waals surface area contributed by atoms with E-state index in [1.54, 1.807) is 24.5 Å². The van der Waals surface area contributed by atoms with E-state index in [1.165, 1.54) is 22.3 Å². The molecular formula is C22H21N5O2S2. The van der Waals surface area contributed by atoms with Crippen LogP contribution >= 0.6 is 11.8 Å². The normalized spacial score (nSPS) is 11.8. The molecule has 0 spiro atoms. The fraction of sp³-hybridized carbons (Fsp3) is 0.182. The van der Waals surface area contributed by atoms with Crippen LogP contribution in [0.2, 0.25) is 0 Å². The van der Waals surface area contributed by atoms with Crippen LogP contribution in [0.4, 0.5) is 0 Å². The highest BCUT2D eigenvalue weighted by Gasteiger charge is 2.22. The second kappa shape index (κ2) is 9.09. The predicted molar refractivity (Wildman–Crippen MR) is 121 cm³/mol. The highest BCUT2D eigenvalue weighted by atomic mass is 32.2. The molecule has 7 nitrogen and oxygen atoms in total. The summed E-state index contributed by atoms with van der Waals surface area (Å²) in [4.78, 5) is 18.1. The summed E-state index contributed by atoms with van der Waals surface area (Å²) >= 11 is 1.38. The summed E-state index contributed by atoms with van der Waals surface area (Å²) in [6.45, 7) is 4.47. The molecule has 0 saturated heterocycles.